The van der Waals surface area contributed by atoms with Crippen molar-refractivity contribution in [3.63, 3.8) is 0 Å². The van der Waals surface area contributed by atoms with Gasteiger partial charge in [0.25, 0.3) is 5.91 Å². The number of anilines is 1. The van der Waals surface area contributed by atoms with Gasteiger partial charge in [0, 0.05) is 4.47 Å². The molecular formula is C14H11BrFNO3. The molecule has 1 amide bonds. The van der Waals surface area contributed by atoms with Gasteiger partial charge >= 0.3 is 0 Å². The third-order valence-electron chi connectivity index (χ3n) is 2.63. The van der Waals surface area contributed by atoms with E-state index in [2.05, 4.69) is 21.2 Å². The highest BCUT2D eigenvalue weighted by Crippen LogP contribution is 2.27. The standard InChI is InChI=1S/C14H11BrFNO3/c1-20-9-3-5-13(18)10(7-9)14(19)17-12-4-2-8(16)6-11(12)15/h2-7,18H,1H3,(H,17,19). The molecular weight excluding hydrogens is 329 g/mol. The van der Waals surface area contributed by atoms with E-state index in [0.29, 0.717) is 15.9 Å². The van der Waals surface area contributed by atoms with Gasteiger partial charge in [0.1, 0.15) is 17.3 Å². The number of nitrogens with one attached hydrogen (secondary N) is 1. The molecule has 6 heteroatoms. The van der Waals surface area contributed by atoms with Crippen molar-refractivity contribution in [2.24, 2.45) is 0 Å². The lowest BCUT2D eigenvalue weighted by molar-refractivity contribution is 0.102. The van der Waals surface area contributed by atoms with Crippen molar-refractivity contribution < 1.29 is 19.0 Å². The minimum Gasteiger partial charge on any atom is -0.507 e. The second-order valence-corrected chi connectivity index (χ2v) is 4.82. The highest BCUT2D eigenvalue weighted by molar-refractivity contribution is 9.10. The summed E-state index contributed by atoms with van der Waals surface area (Å²) in [5.74, 6) is -0.652. The second-order valence-electron chi connectivity index (χ2n) is 3.96. The average molecular weight is 340 g/mol. The van der Waals surface area contributed by atoms with Crippen LogP contribution < -0.4 is 10.1 Å². The molecule has 0 radical (unpaired) electrons. The van der Waals surface area contributed by atoms with E-state index in [4.69, 9.17) is 4.74 Å². The number of amides is 1. The van der Waals surface area contributed by atoms with Crippen LogP contribution in [0, 0.1) is 5.82 Å². The van der Waals surface area contributed by atoms with Crippen LogP contribution in [0.1, 0.15) is 10.4 Å². The predicted molar refractivity (Wildman–Crippen MR) is 76.7 cm³/mol. The third kappa shape index (κ3) is 3.08. The Morgan fingerprint density at radius 1 is 1.30 bits per heavy atom. The van der Waals surface area contributed by atoms with Crippen LogP contribution in [0.4, 0.5) is 10.1 Å². The molecule has 104 valence electrons. The first-order valence-corrected chi connectivity index (χ1v) is 6.44. The van der Waals surface area contributed by atoms with Crippen molar-refractivity contribution in [1.29, 1.82) is 0 Å². The summed E-state index contributed by atoms with van der Waals surface area (Å²) in [4.78, 5) is 12.1. The predicted octanol–water partition coefficient (Wildman–Crippen LogP) is 3.55. The molecule has 20 heavy (non-hydrogen) atoms. The monoisotopic (exact) mass is 339 g/mol. The molecule has 2 N–H and O–H groups in total. The summed E-state index contributed by atoms with van der Waals surface area (Å²) in [7, 11) is 1.46. The lowest BCUT2D eigenvalue weighted by Gasteiger charge is -2.10. The molecule has 0 aliphatic carbocycles. The fraction of sp³-hybridized carbons (Fsp3) is 0.0714. The van der Waals surface area contributed by atoms with E-state index in [1.165, 1.54) is 37.4 Å². The smallest absolute Gasteiger partial charge is 0.259 e. The molecule has 0 saturated carbocycles. The Hall–Kier alpha value is -2.08. The van der Waals surface area contributed by atoms with E-state index in [-0.39, 0.29) is 11.3 Å². The van der Waals surface area contributed by atoms with Gasteiger partial charge in [0.05, 0.1) is 18.4 Å². The molecule has 0 aliphatic rings. The van der Waals surface area contributed by atoms with Gasteiger partial charge in [-0.05, 0) is 52.3 Å². The largest absolute Gasteiger partial charge is 0.507 e. The van der Waals surface area contributed by atoms with Crippen LogP contribution in [0.25, 0.3) is 0 Å². The number of aromatic hydroxyl groups is 1. The maximum Gasteiger partial charge on any atom is 0.259 e. The van der Waals surface area contributed by atoms with Crippen LogP contribution in [0.2, 0.25) is 0 Å². The fourth-order valence-corrected chi connectivity index (χ4v) is 2.05. The second kappa shape index (κ2) is 5.92. The van der Waals surface area contributed by atoms with Gasteiger partial charge in [-0.2, -0.15) is 0 Å². The molecule has 4 nitrogen and oxygen atoms in total. The zero-order valence-corrected chi connectivity index (χ0v) is 12.1. The summed E-state index contributed by atoms with van der Waals surface area (Å²) in [6, 6.07) is 8.22. The van der Waals surface area contributed by atoms with E-state index in [1.54, 1.807) is 6.07 Å². The van der Waals surface area contributed by atoms with E-state index < -0.39 is 11.7 Å². The quantitative estimate of drug-likeness (QED) is 0.898. The number of phenolic OH excluding ortho intramolecular Hbond substituents is 1. The number of benzene rings is 2. The third-order valence-corrected chi connectivity index (χ3v) is 3.28. The lowest BCUT2D eigenvalue weighted by atomic mass is 10.1. The van der Waals surface area contributed by atoms with Crippen molar-refractivity contribution in [1.82, 2.24) is 0 Å². The van der Waals surface area contributed by atoms with E-state index in [9.17, 15) is 14.3 Å². The van der Waals surface area contributed by atoms with Crippen LogP contribution in [-0.2, 0) is 0 Å². The summed E-state index contributed by atoms with van der Waals surface area (Å²) >= 11 is 3.15. The Bertz CT molecular complexity index is 661. The Morgan fingerprint density at radius 2 is 2.05 bits per heavy atom. The number of carbonyl (C=O) groups is 1. The number of carbonyl (C=O) groups excluding carboxylic acids is 1. The number of hydrogen-bond acceptors (Lipinski definition) is 3. The maximum absolute atomic E-state index is 13.0. The first-order chi connectivity index (χ1) is 9.51. The Labute approximate surface area is 123 Å². The van der Waals surface area contributed by atoms with Gasteiger partial charge in [0.15, 0.2) is 0 Å². The van der Waals surface area contributed by atoms with Crippen molar-refractivity contribution in [2.45, 2.75) is 0 Å². The average Bonchev–Trinajstić information content (AvgIpc) is 2.42. The van der Waals surface area contributed by atoms with Crippen LogP contribution in [0.5, 0.6) is 11.5 Å². The first kappa shape index (κ1) is 14.3. The molecule has 0 saturated heterocycles. The zero-order valence-electron chi connectivity index (χ0n) is 10.5. The molecule has 0 aromatic heterocycles. The fourth-order valence-electron chi connectivity index (χ4n) is 1.60. The summed E-state index contributed by atoms with van der Waals surface area (Å²) < 4.78 is 18.4. The van der Waals surface area contributed by atoms with Crippen molar-refractivity contribution in [3.8, 4) is 11.5 Å². The number of ether oxygens (including phenoxy) is 1. The Kier molecular flexibility index (Phi) is 4.24. The molecule has 0 unspecified atom stereocenters. The lowest BCUT2D eigenvalue weighted by Crippen LogP contribution is -2.12. The minimum absolute atomic E-state index is 0.0700. The van der Waals surface area contributed by atoms with E-state index in [0.717, 1.165) is 0 Å². The first-order valence-electron chi connectivity index (χ1n) is 5.64. The Balaban J connectivity index is 2.28. The maximum atomic E-state index is 13.0. The van der Waals surface area contributed by atoms with Crippen LogP contribution in [0.3, 0.4) is 0 Å². The molecule has 0 spiro atoms. The van der Waals surface area contributed by atoms with Crippen molar-refractivity contribution >= 4 is 27.5 Å². The van der Waals surface area contributed by atoms with Gasteiger partial charge in [0.2, 0.25) is 0 Å². The summed E-state index contributed by atoms with van der Waals surface area (Å²) in [5, 5.41) is 12.3. The topological polar surface area (TPSA) is 58.6 Å². The van der Waals surface area contributed by atoms with Crippen LogP contribution in [-0.4, -0.2) is 18.1 Å². The molecule has 0 aliphatic heterocycles. The van der Waals surface area contributed by atoms with Gasteiger partial charge < -0.3 is 15.2 Å². The van der Waals surface area contributed by atoms with Crippen molar-refractivity contribution in [3.05, 3.63) is 52.3 Å². The number of hydrogen-bond donors (Lipinski definition) is 2. The SMILES string of the molecule is COc1ccc(O)c(C(=O)Nc2ccc(F)cc2Br)c1. The van der Waals surface area contributed by atoms with E-state index in [1.807, 2.05) is 0 Å². The minimum atomic E-state index is -0.520. The number of methoxy groups -OCH3 is 1. The molecule has 0 fully saturated rings. The number of halogens is 2. The van der Waals surface area contributed by atoms with Crippen LogP contribution in [0.15, 0.2) is 40.9 Å². The summed E-state index contributed by atoms with van der Waals surface area (Å²) in [6.07, 6.45) is 0. The van der Waals surface area contributed by atoms with Gasteiger partial charge in [-0.15, -0.1) is 0 Å². The molecule has 2 rings (SSSR count). The molecule has 0 heterocycles. The normalized spacial score (nSPS) is 10.2. The molecule has 2 aromatic carbocycles. The summed E-state index contributed by atoms with van der Waals surface area (Å²) in [6.45, 7) is 0. The van der Waals surface area contributed by atoms with E-state index >= 15 is 0 Å². The Morgan fingerprint density at radius 3 is 2.70 bits per heavy atom. The number of rotatable bonds is 3. The highest BCUT2D eigenvalue weighted by Gasteiger charge is 2.14. The van der Waals surface area contributed by atoms with Gasteiger partial charge in [-0.1, -0.05) is 0 Å². The van der Waals surface area contributed by atoms with Crippen LogP contribution >= 0.6 is 15.9 Å². The molecule has 0 atom stereocenters. The van der Waals surface area contributed by atoms with Crippen molar-refractivity contribution in [2.75, 3.05) is 12.4 Å². The molecule has 2 aromatic rings. The molecule has 0 bridgehead atoms. The zero-order chi connectivity index (χ0) is 14.7. The highest BCUT2D eigenvalue weighted by atomic mass is 79.9. The summed E-state index contributed by atoms with van der Waals surface area (Å²) in [5.41, 5.74) is 0.471. The van der Waals surface area contributed by atoms with Gasteiger partial charge in [-0.3, -0.25) is 4.79 Å². The van der Waals surface area contributed by atoms with Gasteiger partial charge in [-0.25, -0.2) is 4.39 Å². The number of phenols is 1.